The summed E-state index contributed by atoms with van der Waals surface area (Å²) in [6.07, 6.45) is -1.21. The van der Waals surface area contributed by atoms with E-state index in [-0.39, 0.29) is 12.3 Å². The topological polar surface area (TPSA) is 240 Å². The Morgan fingerprint density at radius 2 is 1.42 bits per heavy atom. The fourth-order valence-electron chi connectivity index (χ4n) is 0.981. The molecular formula is C8H17N3O8. The van der Waals surface area contributed by atoms with Gasteiger partial charge < -0.3 is 42.3 Å². The molecule has 0 amide bonds. The second-order valence-corrected chi connectivity index (χ2v) is 3.06. The van der Waals surface area contributed by atoms with Crippen LogP contribution in [-0.4, -0.2) is 46.2 Å². The molecule has 112 valence electrons. The van der Waals surface area contributed by atoms with Crippen molar-refractivity contribution in [1.29, 1.82) is 0 Å². The number of carboxylic acids is 4. The van der Waals surface area contributed by atoms with Crippen molar-refractivity contribution in [3.63, 3.8) is 0 Å². The number of carbonyl (C=O) groups excluding carboxylic acids is 2. The van der Waals surface area contributed by atoms with Crippen molar-refractivity contribution in [2.75, 3.05) is 0 Å². The average molecular weight is 283 g/mol. The molecule has 11 N–H and O–H groups in total. The van der Waals surface area contributed by atoms with Crippen molar-refractivity contribution < 1.29 is 39.6 Å². The number of aliphatic carboxylic acids is 4. The molecule has 0 saturated heterocycles. The van der Waals surface area contributed by atoms with Crippen LogP contribution in [0, 0.1) is 0 Å². The van der Waals surface area contributed by atoms with Crippen LogP contribution in [-0.2, 0) is 19.2 Å². The molecule has 0 aliphatic heterocycles. The summed E-state index contributed by atoms with van der Waals surface area (Å²) in [7, 11) is 0. The molecule has 11 heteroatoms. The van der Waals surface area contributed by atoms with Crippen molar-refractivity contribution >= 4 is 23.9 Å². The van der Waals surface area contributed by atoms with Gasteiger partial charge in [0, 0.05) is 12.0 Å². The Balaban J connectivity index is -0.00000128. The van der Waals surface area contributed by atoms with E-state index >= 15 is 0 Å². The van der Waals surface area contributed by atoms with Crippen molar-refractivity contribution in [3.8, 4) is 0 Å². The molecular weight excluding hydrogens is 266 g/mol. The summed E-state index contributed by atoms with van der Waals surface area (Å²) in [6.45, 7) is 0. The second kappa shape index (κ2) is 9.76. The van der Waals surface area contributed by atoms with E-state index in [0.717, 1.165) is 0 Å². The molecule has 0 spiro atoms. The molecule has 19 heavy (non-hydrogen) atoms. The van der Waals surface area contributed by atoms with E-state index in [2.05, 4.69) is 0 Å². The van der Waals surface area contributed by atoms with Crippen LogP contribution in [0.4, 0.5) is 0 Å². The van der Waals surface area contributed by atoms with E-state index in [0.29, 0.717) is 0 Å². The fraction of sp³-hybridized carbons (Fsp3) is 0.500. The highest BCUT2D eigenvalue weighted by Gasteiger charge is 2.28. The third kappa shape index (κ3) is 8.48. The number of carbonyl (C=O) groups is 4. The predicted molar refractivity (Wildman–Crippen MR) is 57.2 cm³/mol. The van der Waals surface area contributed by atoms with Crippen LogP contribution in [0.15, 0.2) is 0 Å². The first kappa shape index (κ1) is 22.0. The van der Waals surface area contributed by atoms with Crippen LogP contribution >= 0.6 is 0 Å². The first-order valence-corrected chi connectivity index (χ1v) is 4.38. The van der Waals surface area contributed by atoms with Crippen LogP contribution in [0.3, 0.4) is 0 Å². The average Bonchev–Trinajstić information content (AvgIpc) is 2.15. The maximum Gasteiger partial charge on any atom is 0.332 e. The molecule has 0 bridgehead atoms. The minimum absolute atomic E-state index is 0. The zero-order valence-electron chi connectivity index (χ0n) is 10.4. The van der Waals surface area contributed by atoms with Gasteiger partial charge in [0.05, 0.1) is 5.97 Å². The smallest absolute Gasteiger partial charge is 0.332 e. The monoisotopic (exact) mass is 283 g/mol. The summed E-state index contributed by atoms with van der Waals surface area (Å²) in [6, 6.07) is -3.86. The van der Waals surface area contributed by atoms with Crippen LogP contribution in [0.2, 0.25) is 0 Å². The lowest BCUT2D eigenvalue weighted by atomic mass is 10.1. The normalized spacial score (nSPS) is 10.8. The van der Waals surface area contributed by atoms with Gasteiger partial charge in [-0.1, -0.05) is 0 Å². The van der Waals surface area contributed by atoms with Gasteiger partial charge in [0.1, 0.15) is 0 Å². The molecule has 1 atom stereocenters. The van der Waals surface area contributed by atoms with E-state index in [1.54, 1.807) is 5.32 Å². The van der Waals surface area contributed by atoms with Crippen molar-refractivity contribution in [3.05, 3.63) is 0 Å². The van der Waals surface area contributed by atoms with E-state index in [4.69, 9.17) is 10.2 Å². The summed E-state index contributed by atoms with van der Waals surface area (Å²) in [5.41, 5.74) is 0. The van der Waals surface area contributed by atoms with Gasteiger partial charge in [0.15, 0.2) is 0 Å². The molecule has 0 unspecified atom stereocenters. The van der Waals surface area contributed by atoms with Gasteiger partial charge in [-0.25, -0.2) is 9.59 Å². The number of nitrogens with one attached hydrogen (secondary N) is 1. The Bertz CT molecular complexity index is 331. The molecule has 11 nitrogen and oxygen atoms in total. The van der Waals surface area contributed by atoms with E-state index < -0.39 is 48.8 Å². The summed E-state index contributed by atoms with van der Waals surface area (Å²) >= 11 is 0. The lowest BCUT2D eigenvalue weighted by Crippen LogP contribution is -2.55. The second-order valence-electron chi connectivity index (χ2n) is 3.06. The van der Waals surface area contributed by atoms with Crippen molar-refractivity contribution in [2.24, 2.45) is 0 Å². The predicted octanol–water partition coefficient (Wildman–Crippen LogP) is -3.49. The Kier molecular flexibility index (Phi) is 11.3. The zero-order valence-corrected chi connectivity index (χ0v) is 10.4. The minimum Gasteiger partial charge on any atom is -0.550 e. The molecule has 0 heterocycles. The maximum absolute atomic E-state index is 10.5. The van der Waals surface area contributed by atoms with Crippen LogP contribution in [0.25, 0.3) is 0 Å². The number of hydrogen-bond donors (Lipinski definition) is 5. The van der Waals surface area contributed by atoms with Gasteiger partial charge in [-0.2, -0.15) is 0 Å². The number of quaternary nitrogens is 2. The number of rotatable bonds is 8. The summed E-state index contributed by atoms with van der Waals surface area (Å²) in [5, 5.41) is 39.3. The van der Waals surface area contributed by atoms with Crippen LogP contribution in [0.5, 0.6) is 0 Å². The Morgan fingerprint density at radius 3 is 1.68 bits per heavy atom. The highest BCUT2D eigenvalue weighted by molar-refractivity contribution is 5.97. The highest BCUT2D eigenvalue weighted by Crippen LogP contribution is 1.98. The Hall–Kier alpha value is -2.24. The molecule has 0 aliphatic rings. The van der Waals surface area contributed by atoms with Gasteiger partial charge in [0.2, 0.25) is 6.04 Å². The van der Waals surface area contributed by atoms with E-state index in [1.807, 2.05) is 0 Å². The summed E-state index contributed by atoms with van der Waals surface area (Å²) in [4.78, 5) is 41.5. The standard InChI is InChI=1S/C8H11NO8.2H3N/c10-4(11)2-1-3(6(12)13)9-5(7(14)15)8(16)17;;/h3,5,9H,1-2H2,(H,10,11)(H,12,13)(H,14,15)(H,16,17);2*1H3/t3-;;/m0../s1. The van der Waals surface area contributed by atoms with Crippen molar-refractivity contribution in [2.45, 2.75) is 24.9 Å². The summed E-state index contributed by atoms with van der Waals surface area (Å²) < 4.78 is 0. The quantitative estimate of drug-likeness (QED) is 0.277. The SMILES string of the molecule is O=C([O-])CC[C@H](NC(C(=O)O)C(=O)O)C(=O)[O-].[NH4+].[NH4+]. The van der Waals surface area contributed by atoms with Gasteiger partial charge in [-0.3, -0.25) is 5.32 Å². The molecule has 0 rings (SSSR count). The molecule has 0 radical (unpaired) electrons. The van der Waals surface area contributed by atoms with E-state index in [1.165, 1.54) is 0 Å². The molecule has 0 saturated carbocycles. The highest BCUT2D eigenvalue weighted by atomic mass is 16.4. The molecule has 0 aromatic rings. The lowest BCUT2D eigenvalue weighted by Gasteiger charge is -2.22. The Labute approximate surface area is 107 Å². The first-order chi connectivity index (χ1) is 7.75. The lowest BCUT2D eigenvalue weighted by molar-refractivity contribution is -0.310. The third-order valence-corrected chi connectivity index (χ3v) is 1.78. The largest absolute Gasteiger partial charge is 0.550 e. The van der Waals surface area contributed by atoms with E-state index in [9.17, 15) is 29.4 Å². The van der Waals surface area contributed by atoms with Crippen LogP contribution < -0.4 is 27.8 Å². The van der Waals surface area contributed by atoms with Crippen LogP contribution in [0.1, 0.15) is 12.8 Å². The Morgan fingerprint density at radius 1 is 1.00 bits per heavy atom. The number of hydrogen-bond acceptors (Lipinski definition) is 7. The van der Waals surface area contributed by atoms with Gasteiger partial charge in [0.25, 0.3) is 0 Å². The maximum atomic E-state index is 10.5. The zero-order chi connectivity index (χ0) is 13.6. The molecule has 0 aromatic carbocycles. The van der Waals surface area contributed by atoms with Crippen molar-refractivity contribution in [1.82, 2.24) is 17.6 Å². The fourth-order valence-corrected chi connectivity index (χ4v) is 0.981. The third-order valence-electron chi connectivity index (χ3n) is 1.78. The van der Waals surface area contributed by atoms with Gasteiger partial charge >= 0.3 is 11.9 Å². The molecule has 0 aliphatic carbocycles. The first-order valence-electron chi connectivity index (χ1n) is 4.38. The molecule has 0 fully saturated rings. The summed E-state index contributed by atoms with van der Waals surface area (Å²) in [5.74, 6) is -6.92. The molecule has 0 aromatic heterocycles. The number of carboxylic acid groups (broad SMARTS) is 4. The minimum atomic E-state index is -2.15. The van der Waals surface area contributed by atoms with Gasteiger partial charge in [-0.05, 0) is 12.8 Å². The van der Waals surface area contributed by atoms with Gasteiger partial charge in [-0.15, -0.1) is 0 Å².